The first-order chi connectivity index (χ1) is 7.58. The highest BCUT2D eigenvalue weighted by Gasteiger charge is 2.13. The third-order valence-electron chi connectivity index (χ3n) is 2.60. The maximum atomic E-state index is 13.3. The SMILES string of the molecule is Cc1cc(F)cc(C(N)c2cncn2C)c1. The molecule has 0 aliphatic rings. The molecule has 0 radical (unpaired) electrons. The van der Waals surface area contributed by atoms with Crippen LogP contribution < -0.4 is 5.73 Å². The summed E-state index contributed by atoms with van der Waals surface area (Å²) in [4.78, 5) is 4.00. The van der Waals surface area contributed by atoms with Crippen molar-refractivity contribution in [1.29, 1.82) is 0 Å². The van der Waals surface area contributed by atoms with Crippen LogP contribution in [0.2, 0.25) is 0 Å². The van der Waals surface area contributed by atoms with E-state index in [-0.39, 0.29) is 11.9 Å². The minimum absolute atomic E-state index is 0.257. The van der Waals surface area contributed by atoms with E-state index in [4.69, 9.17) is 5.73 Å². The van der Waals surface area contributed by atoms with Gasteiger partial charge in [-0.3, -0.25) is 0 Å². The number of aromatic nitrogens is 2. The molecule has 84 valence electrons. The van der Waals surface area contributed by atoms with E-state index in [2.05, 4.69) is 4.98 Å². The summed E-state index contributed by atoms with van der Waals surface area (Å²) < 4.78 is 15.1. The second kappa shape index (κ2) is 4.06. The second-order valence-corrected chi connectivity index (χ2v) is 3.97. The van der Waals surface area contributed by atoms with Gasteiger partial charge < -0.3 is 10.3 Å². The minimum Gasteiger partial charge on any atom is -0.336 e. The Morgan fingerprint density at radius 1 is 1.38 bits per heavy atom. The number of benzene rings is 1. The number of hydrogen-bond acceptors (Lipinski definition) is 2. The highest BCUT2D eigenvalue weighted by molar-refractivity contribution is 5.30. The number of aryl methyl sites for hydroxylation is 2. The number of nitrogens with two attached hydrogens (primary N) is 1. The molecule has 2 N–H and O–H groups in total. The lowest BCUT2D eigenvalue weighted by molar-refractivity contribution is 0.620. The summed E-state index contributed by atoms with van der Waals surface area (Å²) in [5.74, 6) is -0.257. The molecular weight excluding hydrogens is 205 g/mol. The average molecular weight is 219 g/mol. The molecule has 1 unspecified atom stereocenters. The number of nitrogens with zero attached hydrogens (tertiary/aromatic N) is 2. The molecule has 4 heteroatoms. The van der Waals surface area contributed by atoms with Crippen LogP contribution in [0.1, 0.15) is 22.9 Å². The van der Waals surface area contributed by atoms with Gasteiger partial charge in [0, 0.05) is 7.05 Å². The summed E-state index contributed by atoms with van der Waals surface area (Å²) >= 11 is 0. The zero-order valence-electron chi connectivity index (χ0n) is 9.31. The van der Waals surface area contributed by atoms with E-state index in [9.17, 15) is 4.39 Å². The van der Waals surface area contributed by atoms with Crippen LogP contribution in [-0.2, 0) is 7.05 Å². The van der Waals surface area contributed by atoms with Gasteiger partial charge in [-0.05, 0) is 30.2 Å². The molecule has 16 heavy (non-hydrogen) atoms. The minimum atomic E-state index is -0.345. The molecular formula is C12H14FN3. The van der Waals surface area contributed by atoms with Crippen LogP contribution in [0.3, 0.4) is 0 Å². The largest absolute Gasteiger partial charge is 0.336 e. The molecule has 3 nitrogen and oxygen atoms in total. The van der Waals surface area contributed by atoms with Crippen molar-refractivity contribution in [2.24, 2.45) is 12.8 Å². The van der Waals surface area contributed by atoms with E-state index in [0.29, 0.717) is 0 Å². The van der Waals surface area contributed by atoms with Crippen LogP contribution >= 0.6 is 0 Å². The summed E-state index contributed by atoms with van der Waals surface area (Å²) in [6.45, 7) is 1.85. The summed E-state index contributed by atoms with van der Waals surface area (Å²) in [6.07, 6.45) is 3.38. The smallest absolute Gasteiger partial charge is 0.123 e. The van der Waals surface area contributed by atoms with E-state index < -0.39 is 0 Å². The Balaban J connectivity index is 2.41. The summed E-state index contributed by atoms with van der Waals surface area (Å²) in [7, 11) is 1.87. The maximum Gasteiger partial charge on any atom is 0.123 e. The number of halogens is 1. The second-order valence-electron chi connectivity index (χ2n) is 3.97. The van der Waals surface area contributed by atoms with E-state index in [1.54, 1.807) is 12.5 Å². The van der Waals surface area contributed by atoms with Gasteiger partial charge in [0.05, 0.1) is 24.3 Å². The van der Waals surface area contributed by atoms with Crippen LogP contribution in [0, 0.1) is 12.7 Å². The van der Waals surface area contributed by atoms with E-state index in [0.717, 1.165) is 16.8 Å². The standard InChI is InChI=1S/C12H14FN3/c1-8-3-9(5-10(13)4-8)12(14)11-6-15-7-16(11)2/h3-7,12H,14H2,1-2H3. The molecule has 0 amide bonds. The predicted molar refractivity (Wildman–Crippen MR) is 60.4 cm³/mol. The maximum absolute atomic E-state index is 13.3. The van der Waals surface area contributed by atoms with Gasteiger partial charge in [0.2, 0.25) is 0 Å². The van der Waals surface area contributed by atoms with E-state index >= 15 is 0 Å². The van der Waals surface area contributed by atoms with Crippen molar-refractivity contribution in [3.05, 3.63) is 53.4 Å². The molecule has 1 aromatic heterocycles. The predicted octanol–water partition coefficient (Wildman–Crippen LogP) is 1.92. The van der Waals surface area contributed by atoms with Crippen molar-refractivity contribution >= 4 is 0 Å². The Morgan fingerprint density at radius 3 is 2.69 bits per heavy atom. The Morgan fingerprint density at radius 2 is 2.12 bits per heavy atom. The van der Waals surface area contributed by atoms with Crippen LogP contribution in [0.5, 0.6) is 0 Å². The molecule has 2 aromatic rings. The zero-order valence-corrected chi connectivity index (χ0v) is 9.31. The number of rotatable bonds is 2. The van der Waals surface area contributed by atoms with Gasteiger partial charge in [-0.25, -0.2) is 9.37 Å². The van der Waals surface area contributed by atoms with Gasteiger partial charge >= 0.3 is 0 Å². The molecule has 0 aliphatic heterocycles. The van der Waals surface area contributed by atoms with Gasteiger partial charge in [0.25, 0.3) is 0 Å². The van der Waals surface area contributed by atoms with Crippen molar-refractivity contribution in [2.75, 3.05) is 0 Å². The Bertz CT molecular complexity index is 484. The topological polar surface area (TPSA) is 43.8 Å². The van der Waals surface area contributed by atoms with Crippen molar-refractivity contribution in [3.8, 4) is 0 Å². The third-order valence-corrected chi connectivity index (χ3v) is 2.60. The quantitative estimate of drug-likeness (QED) is 0.838. The molecule has 0 aliphatic carbocycles. The van der Waals surface area contributed by atoms with E-state index in [1.165, 1.54) is 12.1 Å². The highest BCUT2D eigenvalue weighted by atomic mass is 19.1. The lowest BCUT2D eigenvalue weighted by Gasteiger charge is -2.13. The Labute approximate surface area is 93.7 Å². The fraction of sp³-hybridized carbons (Fsp3) is 0.250. The van der Waals surface area contributed by atoms with E-state index in [1.807, 2.05) is 24.6 Å². The Hall–Kier alpha value is -1.68. The molecule has 1 aromatic carbocycles. The van der Waals surface area contributed by atoms with Crippen molar-refractivity contribution in [2.45, 2.75) is 13.0 Å². The van der Waals surface area contributed by atoms with Crippen molar-refractivity contribution in [3.63, 3.8) is 0 Å². The van der Waals surface area contributed by atoms with Crippen LogP contribution in [0.15, 0.2) is 30.7 Å². The molecule has 2 rings (SSSR count). The lowest BCUT2D eigenvalue weighted by atomic mass is 10.0. The lowest BCUT2D eigenvalue weighted by Crippen LogP contribution is -2.15. The van der Waals surface area contributed by atoms with Gasteiger partial charge in [-0.15, -0.1) is 0 Å². The Kier molecular flexibility index (Phi) is 2.75. The van der Waals surface area contributed by atoms with Crippen molar-refractivity contribution in [1.82, 2.24) is 9.55 Å². The summed E-state index contributed by atoms with van der Waals surface area (Å²) in [5, 5.41) is 0. The number of imidazole rings is 1. The third kappa shape index (κ3) is 1.97. The fourth-order valence-corrected chi connectivity index (χ4v) is 1.78. The average Bonchev–Trinajstić information content (AvgIpc) is 2.62. The zero-order chi connectivity index (χ0) is 11.7. The van der Waals surface area contributed by atoms with Crippen LogP contribution in [0.4, 0.5) is 4.39 Å². The molecule has 0 saturated heterocycles. The molecule has 0 saturated carbocycles. The molecule has 0 fully saturated rings. The van der Waals surface area contributed by atoms with Gasteiger partial charge in [0.1, 0.15) is 5.82 Å². The van der Waals surface area contributed by atoms with Gasteiger partial charge in [-0.1, -0.05) is 6.07 Å². The van der Waals surface area contributed by atoms with Gasteiger partial charge in [-0.2, -0.15) is 0 Å². The summed E-state index contributed by atoms with van der Waals surface area (Å²) in [6, 6.07) is 4.49. The van der Waals surface area contributed by atoms with Crippen molar-refractivity contribution < 1.29 is 4.39 Å². The number of hydrogen-bond donors (Lipinski definition) is 1. The fourth-order valence-electron chi connectivity index (χ4n) is 1.78. The van der Waals surface area contributed by atoms with Gasteiger partial charge in [0.15, 0.2) is 0 Å². The molecule has 0 bridgehead atoms. The molecule has 1 atom stereocenters. The first kappa shape index (κ1) is 10.8. The normalized spacial score (nSPS) is 12.8. The molecule has 1 heterocycles. The van der Waals surface area contributed by atoms with Crippen LogP contribution in [-0.4, -0.2) is 9.55 Å². The molecule has 0 spiro atoms. The first-order valence-corrected chi connectivity index (χ1v) is 5.07. The highest BCUT2D eigenvalue weighted by Crippen LogP contribution is 2.20. The first-order valence-electron chi connectivity index (χ1n) is 5.07. The summed E-state index contributed by atoms with van der Waals surface area (Å²) in [5.41, 5.74) is 8.57. The van der Waals surface area contributed by atoms with Crippen LogP contribution in [0.25, 0.3) is 0 Å². The monoisotopic (exact) mass is 219 g/mol.